The third-order valence-corrected chi connectivity index (χ3v) is 4.67. The standard InChI is InChI=1S/C20H22N4O3/c1-12-8-16(26-11-18-21-23-24-22-18)19-13(2)15(20(25)27-17(19)9-12)10-14-6-4-3-5-7-14/h3-9,18,21-24H,10-11H2,1-2H3. The first-order chi connectivity index (χ1) is 13.1. The van der Waals surface area contributed by atoms with Gasteiger partial charge in [-0.25, -0.2) is 15.6 Å². The lowest BCUT2D eigenvalue weighted by Crippen LogP contribution is -2.39. The van der Waals surface area contributed by atoms with Gasteiger partial charge in [-0.3, -0.25) is 0 Å². The molecule has 0 unspecified atom stereocenters. The second-order valence-electron chi connectivity index (χ2n) is 6.69. The van der Waals surface area contributed by atoms with Crippen LogP contribution in [0.2, 0.25) is 0 Å². The number of aryl methyl sites for hydroxylation is 2. The fraction of sp³-hybridized carbons (Fsp3) is 0.250. The minimum absolute atomic E-state index is 0.0830. The van der Waals surface area contributed by atoms with Crippen LogP contribution in [0.5, 0.6) is 5.75 Å². The highest BCUT2D eigenvalue weighted by Gasteiger charge is 2.18. The molecule has 27 heavy (non-hydrogen) atoms. The lowest BCUT2D eigenvalue weighted by atomic mass is 9.98. The summed E-state index contributed by atoms with van der Waals surface area (Å²) in [4.78, 5) is 12.6. The molecule has 7 heteroatoms. The molecule has 1 aromatic heterocycles. The van der Waals surface area contributed by atoms with Crippen molar-refractivity contribution >= 4 is 11.0 Å². The first-order valence-electron chi connectivity index (χ1n) is 8.86. The van der Waals surface area contributed by atoms with E-state index in [4.69, 9.17) is 9.15 Å². The van der Waals surface area contributed by atoms with Crippen LogP contribution >= 0.6 is 0 Å². The maximum Gasteiger partial charge on any atom is 0.340 e. The molecule has 4 rings (SSSR count). The molecule has 0 radical (unpaired) electrons. The SMILES string of the molecule is Cc1cc(OCC2NNNN2)c2c(C)c(Cc3ccccc3)c(=O)oc2c1. The van der Waals surface area contributed by atoms with Gasteiger partial charge in [-0.1, -0.05) is 30.3 Å². The second-order valence-corrected chi connectivity index (χ2v) is 6.69. The summed E-state index contributed by atoms with van der Waals surface area (Å²) in [5, 5.41) is 0.838. The minimum Gasteiger partial charge on any atom is -0.490 e. The lowest BCUT2D eigenvalue weighted by Gasteiger charge is -2.16. The van der Waals surface area contributed by atoms with E-state index < -0.39 is 0 Å². The summed E-state index contributed by atoms with van der Waals surface area (Å²) < 4.78 is 11.7. The summed E-state index contributed by atoms with van der Waals surface area (Å²) in [6, 6.07) is 13.8. The van der Waals surface area contributed by atoms with Crippen molar-refractivity contribution in [2.45, 2.75) is 26.4 Å². The molecule has 1 fully saturated rings. The van der Waals surface area contributed by atoms with Crippen molar-refractivity contribution in [3.8, 4) is 5.75 Å². The van der Waals surface area contributed by atoms with E-state index in [1.807, 2.05) is 56.3 Å². The van der Waals surface area contributed by atoms with Crippen molar-refractivity contribution in [3.63, 3.8) is 0 Å². The number of rotatable bonds is 5. The predicted octanol–water partition coefficient (Wildman–Crippen LogP) is 1.82. The number of nitrogens with one attached hydrogen (secondary N) is 4. The summed E-state index contributed by atoms with van der Waals surface area (Å²) in [5.41, 5.74) is 15.3. The Morgan fingerprint density at radius 3 is 2.56 bits per heavy atom. The Bertz CT molecular complexity index is 1010. The lowest BCUT2D eigenvalue weighted by molar-refractivity contribution is 0.262. The average molecular weight is 366 g/mol. The van der Waals surface area contributed by atoms with Gasteiger partial charge in [0.05, 0.1) is 5.39 Å². The van der Waals surface area contributed by atoms with Crippen LogP contribution in [-0.4, -0.2) is 12.8 Å². The van der Waals surface area contributed by atoms with Gasteiger partial charge in [0, 0.05) is 12.0 Å². The highest BCUT2D eigenvalue weighted by molar-refractivity contribution is 5.88. The molecule has 4 N–H and O–H groups in total. The molecule has 1 saturated heterocycles. The molecule has 0 saturated carbocycles. The smallest absolute Gasteiger partial charge is 0.340 e. The Hall–Kier alpha value is -2.71. The number of fused-ring (bicyclic) bond motifs is 1. The molecule has 0 aliphatic carbocycles. The van der Waals surface area contributed by atoms with Crippen LogP contribution in [0.25, 0.3) is 11.0 Å². The largest absolute Gasteiger partial charge is 0.490 e. The molecule has 0 spiro atoms. The van der Waals surface area contributed by atoms with Crippen molar-refractivity contribution in [1.29, 1.82) is 0 Å². The van der Waals surface area contributed by atoms with Gasteiger partial charge in [0.15, 0.2) is 0 Å². The number of hydrazine groups is 3. The molecule has 1 aliphatic heterocycles. The van der Waals surface area contributed by atoms with Crippen LogP contribution in [0, 0.1) is 13.8 Å². The van der Waals surface area contributed by atoms with Crippen molar-refractivity contribution in [2.24, 2.45) is 0 Å². The first-order valence-corrected chi connectivity index (χ1v) is 8.86. The molecule has 2 heterocycles. The minimum atomic E-state index is -0.298. The van der Waals surface area contributed by atoms with E-state index in [2.05, 4.69) is 21.9 Å². The summed E-state index contributed by atoms with van der Waals surface area (Å²) in [5.74, 6) is 0.705. The van der Waals surface area contributed by atoms with Gasteiger partial charge in [-0.15, -0.1) is 0 Å². The van der Waals surface area contributed by atoms with Gasteiger partial charge in [0.25, 0.3) is 0 Å². The maximum atomic E-state index is 12.6. The third-order valence-electron chi connectivity index (χ3n) is 4.67. The molecule has 1 aliphatic rings. The Morgan fingerprint density at radius 1 is 1.07 bits per heavy atom. The van der Waals surface area contributed by atoms with Crippen LogP contribution in [0.15, 0.2) is 51.7 Å². The number of ether oxygens (including phenoxy) is 1. The summed E-state index contributed by atoms with van der Waals surface area (Å²) >= 11 is 0. The Kier molecular flexibility index (Phi) is 4.91. The normalized spacial score (nSPS) is 14.7. The molecule has 140 valence electrons. The first kappa shape index (κ1) is 17.7. The van der Waals surface area contributed by atoms with Gasteiger partial charge >= 0.3 is 5.63 Å². The molecule has 0 bridgehead atoms. The Balaban J connectivity index is 1.75. The third kappa shape index (κ3) is 3.72. The van der Waals surface area contributed by atoms with Crippen molar-refractivity contribution in [3.05, 3.63) is 75.1 Å². The fourth-order valence-electron chi connectivity index (χ4n) is 3.29. The number of benzene rings is 2. The van der Waals surface area contributed by atoms with Crippen molar-refractivity contribution < 1.29 is 9.15 Å². The summed E-state index contributed by atoms with van der Waals surface area (Å²) in [7, 11) is 0. The predicted molar refractivity (Wildman–Crippen MR) is 103 cm³/mol. The van der Waals surface area contributed by atoms with E-state index in [0.717, 1.165) is 22.1 Å². The highest BCUT2D eigenvalue weighted by atomic mass is 16.5. The average Bonchev–Trinajstić information content (AvgIpc) is 3.17. The van der Waals surface area contributed by atoms with Gasteiger partial charge < -0.3 is 9.15 Å². The van der Waals surface area contributed by atoms with E-state index in [1.54, 1.807) is 0 Å². The van der Waals surface area contributed by atoms with E-state index in [9.17, 15) is 4.79 Å². The summed E-state index contributed by atoms with van der Waals surface area (Å²) in [6.45, 7) is 4.30. The maximum absolute atomic E-state index is 12.6. The quantitative estimate of drug-likeness (QED) is 0.513. The van der Waals surface area contributed by atoms with Gasteiger partial charge in [-0.05, 0) is 42.7 Å². The van der Waals surface area contributed by atoms with Crippen LogP contribution < -0.4 is 32.3 Å². The van der Waals surface area contributed by atoms with E-state index in [1.165, 1.54) is 0 Å². The van der Waals surface area contributed by atoms with Crippen molar-refractivity contribution in [1.82, 2.24) is 21.9 Å². The van der Waals surface area contributed by atoms with Gasteiger partial charge in [0.2, 0.25) is 0 Å². The van der Waals surface area contributed by atoms with E-state index in [-0.39, 0.29) is 11.8 Å². The van der Waals surface area contributed by atoms with Crippen LogP contribution in [-0.2, 0) is 6.42 Å². The van der Waals surface area contributed by atoms with E-state index >= 15 is 0 Å². The molecule has 3 aromatic rings. The fourth-order valence-corrected chi connectivity index (χ4v) is 3.29. The number of hydrogen-bond acceptors (Lipinski definition) is 7. The molecular weight excluding hydrogens is 344 g/mol. The Labute approximate surface area is 156 Å². The number of hydrogen-bond donors (Lipinski definition) is 4. The van der Waals surface area contributed by atoms with Crippen molar-refractivity contribution in [2.75, 3.05) is 6.61 Å². The second kappa shape index (κ2) is 7.50. The van der Waals surface area contributed by atoms with Crippen LogP contribution in [0.1, 0.15) is 22.3 Å². The zero-order chi connectivity index (χ0) is 18.8. The molecule has 7 nitrogen and oxygen atoms in total. The van der Waals surface area contributed by atoms with Gasteiger partial charge in [0.1, 0.15) is 24.1 Å². The van der Waals surface area contributed by atoms with Gasteiger partial charge in [-0.2, -0.15) is 11.1 Å². The van der Waals surface area contributed by atoms with Crippen LogP contribution in [0.4, 0.5) is 0 Å². The monoisotopic (exact) mass is 366 g/mol. The molecule has 2 aromatic carbocycles. The zero-order valence-electron chi connectivity index (χ0n) is 15.3. The Morgan fingerprint density at radius 2 is 1.81 bits per heavy atom. The molecule has 0 amide bonds. The summed E-state index contributed by atoms with van der Waals surface area (Å²) in [6.07, 6.45) is 0.443. The zero-order valence-corrected chi connectivity index (χ0v) is 15.3. The highest BCUT2D eigenvalue weighted by Crippen LogP contribution is 2.31. The molecular formula is C20H22N4O3. The topological polar surface area (TPSA) is 87.6 Å². The molecule has 0 atom stereocenters. The van der Waals surface area contributed by atoms with E-state index in [0.29, 0.717) is 29.9 Å². The van der Waals surface area contributed by atoms with Crippen LogP contribution in [0.3, 0.4) is 0 Å².